The Morgan fingerprint density at radius 3 is 2.80 bits per heavy atom. The van der Waals surface area contributed by atoms with Crippen LogP contribution in [0.3, 0.4) is 0 Å². The van der Waals surface area contributed by atoms with E-state index in [0.29, 0.717) is 0 Å². The van der Waals surface area contributed by atoms with E-state index in [0.717, 1.165) is 5.92 Å². The summed E-state index contributed by atoms with van der Waals surface area (Å²) in [5.74, 6) is 0.950. The van der Waals surface area contributed by atoms with Crippen LogP contribution in [-0.4, -0.2) is 13.1 Å². The van der Waals surface area contributed by atoms with E-state index in [2.05, 4.69) is 12.2 Å². The summed E-state index contributed by atoms with van der Waals surface area (Å²) in [4.78, 5) is 0. The van der Waals surface area contributed by atoms with Gasteiger partial charge in [0.15, 0.2) is 0 Å². The highest BCUT2D eigenvalue weighted by Gasteiger charge is 2.03. The smallest absolute Gasteiger partial charge is 0.00464 e. The molecule has 0 aliphatic carbocycles. The molecule has 1 rings (SSSR count). The highest BCUT2D eigenvalue weighted by molar-refractivity contribution is 4.60. The minimum Gasteiger partial charge on any atom is -0.317 e. The molecule has 0 aromatic rings. The van der Waals surface area contributed by atoms with Crippen LogP contribution in [0.25, 0.3) is 0 Å². The van der Waals surface area contributed by atoms with Crippen molar-refractivity contribution in [2.24, 2.45) is 5.92 Å². The Bertz CT molecular complexity index is 70.8. The molecule has 10 heavy (non-hydrogen) atoms. The van der Waals surface area contributed by atoms with Gasteiger partial charge in [-0.2, -0.15) is 0 Å². The second-order valence-corrected chi connectivity index (χ2v) is 3.49. The summed E-state index contributed by atoms with van der Waals surface area (Å²) in [5, 5.41) is 3.46. The van der Waals surface area contributed by atoms with Crippen molar-refractivity contribution in [3.05, 3.63) is 0 Å². The number of hydrogen-bond acceptors (Lipinski definition) is 1. The molecule has 0 amide bonds. The zero-order valence-corrected chi connectivity index (χ0v) is 7.03. The van der Waals surface area contributed by atoms with Crippen LogP contribution >= 0.6 is 0 Å². The van der Waals surface area contributed by atoms with Crippen LogP contribution in [0.15, 0.2) is 0 Å². The third-order valence-electron chi connectivity index (χ3n) is 2.36. The number of nitrogens with one attached hydrogen (secondary N) is 1. The molecular weight excluding hydrogens is 122 g/mol. The van der Waals surface area contributed by atoms with Gasteiger partial charge in [0.2, 0.25) is 0 Å². The Labute approximate surface area is 64.2 Å². The van der Waals surface area contributed by atoms with E-state index in [1.165, 1.54) is 45.2 Å². The van der Waals surface area contributed by atoms with Crippen molar-refractivity contribution in [1.29, 1.82) is 0 Å². The predicted octanol–water partition coefficient (Wildman–Crippen LogP) is 2.18. The van der Waals surface area contributed by atoms with Crippen molar-refractivity contribution < 1.29 is 0 Å². The molecule has 0 radical (unpaired) electrons. The fraction of sp³-hybridized carbons (Fsp3) is 1.00. The lowest BCUT2D eigenvalue weighted by Crippen LogP contribution is -2.17. The third kappa shape index (κ3) is 3.21. The van der Waals surface area contributed by atoms with Crippen LogP contribution in [0.1, 0.15) is 39.0 Å². The highest BCUT2D eigenvalue weighted by atomic mass is 14.8. The zero-order valence-electron chi connectivity index (χ0n) is 7.03. The molecule has 0 saturated carbocycles. The first-order valence-corrected chi connectivity index (χ1v) is 4.60. The predicted molar refractivity (Wildman–Crippen MR) is 45.1 cm³/mol. The second-order valence-electron chi connectivity index (χ2n) is 3.49. The van der Waals surface area contributed by atoms with Crippen LogP contribution in [0.4, 0.5) is 0 Å². The van der Waals surface area contributed by atoms with Gasteiger partial charge in [-0.15, -0.1) is 0 Å². The summed E-state index contributed by atoms with van der Waals surface area (Å²) in [6.07, 6.45) is 7.08. The van der Waals surface area contributed by atoms with Gasteiger partial charge in [0.1, 0.15) is 0 Å². The largest absolute Gasteiger partial charge is 0.317 e. The van der Waals surface area contributed by atoms with Gasteiger partial charge in [0.05, 0.1) is 0 Å². The first kappa shape index (κ1) is 8.06. The number of rotatable bonds is 0. The molecule has 0 aromatic heterocycles. The molecule has 1 atom stereocenters. The molecule has 1 aliphatic heterocycles. The summed E-state index contributed by atoms with van der Waals surface area (Å²) < 4.78 is 0. The topological polar surface area (TPSA) is 12.0 Å². The Balaban J connectivity index is 2.15. The van der Waals surface area contributed by atoms with Crippen LogP contribution in [-0.2, 0) is 0 Å². The average molecular weight is 141 g/mol. The molecule has 60 valence electrons. The maximum absolute atomic E-state index is 3.46. The minimum absolute atomic E-state index is 0.950. The van der Waals surface area contributed by atoms with Gasteiger partial charge in [-0.1, -0.05) is 26.2 Å². The van der Waals surface area contributed by atoms with E-state index in [1.807, 2.05) is 0 Å². The summed E-state index contributed by atoms with van der Waals surface area (Å²) in [5.41, 5.74) is 0. The fourth-order valence-corrected chi connectivity index (χ4v) is 1.54. The first-order chi connectivity index (χ1) is 4.89. The molecule has 1 fully saturated rings. The third-order valence-corrected chi connectivity index (χ3v) is 2.36. The highest BCUT2D eigenvalue weighted by Crippen LogP contribution is 2.13. The summed E-state index contributed by atoms with van der Waals surface area (Å²) in [6.45, 7) is 4.85. The summed E-state index contributed by atoms with van der Waals surface area (Å²) >= 11 is 0. The molecule has 1 nitrogen and oxygen atoms in total. The van der Waals surface area contributed by atoms with Crippen LogP contribution in [0.2, 0.25) is 0 Å². The normalized spacial score (nSPS) is 30.3. The maximum Gasteiger partial charge on any atom is -0.00464 e. The Kier molecular flexibility index (Phi) is 3.81. The Morgan fingerprint density at radius 2 is 1.90 bits per heavy atom. The van der Waals surface area contributed by atoms with Crippen molar-refractivity contribution >= 4 is 0 Å². The molecule has 0 spiro atoms. The average Bonchev–Trinajstić information content (AvgIpc) is 2.02. The van der Waals surface area contributed by atoms with Crippen LogP contribution in [0.5, 0.6) is 0 Å². The summed E-state index contributed by atoms with van der Waals surface area (Å²) in [7, 11) is 0. The van der Waals surface area contributed by atoms with E-state index >= 15 is 0 Å². The molecule has 1 unspecified atom stereocenters. The lowest BCUT2D eigenvalue weighted by atomic mass is 10.0. The van der Waals surface area contributed by atoms with Gasteiger partial charge in [0.25, 0.3) is 0 Å². The molecular formula is C9H19N. The molecule has 1 saturated heterocycles. The van der Waals surface area contributed by atoms with E-state index in [9.17, 15) is 0 Å². The van der Waals surface area contributed by atoms with E-state index in [-0.39, 0.29) is 0 Å². The second kappa shape index (κ2) is 4.73. The fourth-order valence-electron chi connectivity index (χ4n) is 1.54. The lowest BCUT2D eigenvalue weighted by Gasteiger charge is -2.07. The van der Waals surface area contributed by atoms with Crippen LogP contribution < -0.4 is 5.32 Å². The minimum atomic E-state index is 0.950. The lowest BCUT2D eigenvalue weighted by molar-refractivity contribution is 0.474. The Hall–Kier alpha value is -0.0400. The van der Waals surface area contributed by atoms with Crippen LogP contribution in [0, 0.1) is 5.92 Å². The van der Waals surface area contributed by atoms with Crippen molar-refractivity contribution in [1.82, 2.24) is 5.32 Å². The van der Waals surface area contributed by atoms with Gasteiger partial charge >= 0.3 is 0 Å². The number of hydrogen-bond donors (Lipinski definition) is 1. The van der Waals surface area contributed by atoms with Crippen molar-refractivity contribution in [3.63, 3.8) is 0 Å². The summed E-state index contributed by atoms with van der Waals surface area (Å²) in [6, 6.07) is 0. The van der Waals surface area contributed by atoms with Crippen molar-refractivity contribution in [2.45, 2.75) is 39.0 Å². The molecule has 1 N–H and O–H groups in total. The molecule has 1 heteroatoms. The standard InChI is InChI=1S/C9H19N/c1-9-5-3-2-4-7-10-8-6-9/h9-10H,2-8H2,1H3. The molecule has 1 aliphatic rings. The SMILES string of the molecule is CC1CCCCCNCC1. The first-order valence-electron chi connectivity index (χ1n) is 4.60. The van der Waals surface area contributed by atoms with Crippen molar-refractivity contribution in [3.8, 4) is 0 Å². The van der Waals surface area contributed by atoms with Crippen molar-refractivity contribution in [2.75, 3.05) is 13.1 Å². The molecule has 0 aromatic carbocycles. The zero-order chi connectivity index (χ0) is 7.23. The van der Waals surface area contributed by atoms with Gasteiger partial charge < -0.3 is 5.32 Å². The Morgan fingerprint density at radius 1 is 1.00 bits per heavy atom. The van der Waals surface area contributed by atoms with Gasteiger partial charge in [-0.05, 0) is 31.8 Å². The van der Waals surface area contributed by atoms with E-state index in [1.54, 1.807) is 0 Å². The molecule has 0 bridgehead atoms. The monoisotopic (exact) mass is 141 g/mol. The van der Waals surface area contributed by atoms with Gasteiger partial charge in [-0.3, -0.25) is 0 Å². The maximum atomic E-state index is 3.46. The van der Waals surface area contributed by atoms with Gasteiger partial charge in [-0.25, -0.2) is 0 Å². The van der Waals surface area contributed by atoms with E-state index < -0.39 is 0 Å². The van der Waals surface area contributed by atoms with E-state index in [4.69, 9.17) is 0 Å². The quantitative estimate of drug-likeness (QED) is 0.545. The molecule has 1 heterocycles. The van der Waals surface area contributed by atoms with Gasteiger partial charge in [0, 0.05) is 0 Å².